The van der Waals surface area contributed by atoms with E-state index in [4.69, 9.17) is 0 Å². The van der Waals surface area contributed by atoms with E-state index >= 15 is 0 Å². The highest BCUT2D eigenvalue weighted by atomic mass is 16.3. The number of piperazine rings is 1. The first-order valence-electron chi connectivity index (χ1n) is 8.45. The van der Waals surface area contributed by atoms with E-state index in [1.807, 2.05) is 6.92 Å². The third-order valence-electron chi connectivity index (χ3n) is 4.54. The van der Waals surface area contributed by atoms with Gasteiger partial charge in [-0.2, -0.15) is 0 Å². The van der Waals surface area contributed by atoms with Crippen LogP contribution in [0.25, 0.3) is 0 Å². The SMILES string of the molecule is C[C@@H](O)CN1CCN(c2cc(N3CCCCC3)ncn2)CC1. The van der Waals surface area contributed by atoms with Gasteiger partial charge in [0, 0.05) is 51.9 Å². The highest BCUT2D eigenvalue weighted by molar-refractivity contribution is 5.50. The Kier molecular flexibility index (Phi) is 5.10. The van der Waals surface area contributed by atoms with Crippen molar-refractivity contribution in [2.24, 2.45) is 0 Å². The van der Waals surface area contributed by atoms with Crippen molar-refractivity contribution in [2.75, 3.05) is 55.6 Å². The molecule has 1 aromatic rings. The molecular formula is C16H27N5O. The van der Waals surface area contributed by atoms with Gasteiger partial charge >= 0.3 is 0 Å². The summed E-state index contributed by atoms with van der Waals surface area (Å²) in [6.07, 6.45) is 5.30. The van der Waals surface area contributed by atoms with E-state index in [1.165, 1.54) is 19.3 Å². The van der Waals surface area contributed by atoms with Gasteiger partial charge in [-0.25, -0.2) is 9.97 Å². The fourth-order valence-corrected chi connectivity index (χ4v) is 3.34. The van der Waals surface area contributed by atoms with Gasteiger partial charge in [-0.05, 0) is 26.2 Å². The number of hydrogen-bond donors (Lipinski definition) is 1. The zero-order valence-electron chi connectivity index (χ0n) is 13.5. The van der Waals surface area contributed by atoms with E-state index in [9.17, 15) is 5.11 Å². The molecule has 3 heterocycles. The molecule has 122 valence electrons. The molecule has 3 rings (SSSR count). The first kappa shape index (κ1) is 15.5. The van der Waals surface area contributed by atoms with Crippen LogP contribution in [-0.4, -0.2) is 71.9 Å². The Labute approximate surface area is 132 Å². The van der Waals surface area contributed by atoms with Crippen LogP contribution in [0.2, 0.25) is 0 Å². The molecule has 0 radical (unpaired) electrons. The minimum Gasteiger partial charge on any atom is -0.392 e. The van der Waals surface area contributed by atoms with Crippen molar-refractivity contribution < 1.29 is 5.11 Å². The minimum absolute atomic E-state index is 0.253. The second-order valence-electron chi connectivity index (χ2n) is 6.42. The number of anilines is 2. The van der Waals surface area contributed by atoms with Crippen molar-refractivity contribution in [1.82, 2.24) is 14.9 Å². The van der Waals surface area contributed by atoms with E-state index in [2.05, 4.69) is 30.7 Å². The lowest BCUT2D eigenvalue weighted by Crippen LogP contribution is -2.48. The molecule has 2 fully saturated rings. The maximum absolute atomic E-state index is 9.49. The van der Waals surface area contributed by atoms with Gasteiger partial charge < -0.3 is 14.9 Å². The highest BCUT2D eigenvalue weighted by Crippen LogP contribution is 2.21. The second-order valence-corrected chi connectivity index (χ2v) is 6.42. The maximum atomic E-state index is 9.49. The third kappa shape index (κ3) is 3.87. The Balaban J connectivity index is 1.61. The molecule has 6 heteroatoms. The average Bonchev–Trinajstić information content (AvgIpc) is 2.56. The molecule has 6 nitrogen and oxygen atoms in total. The Morgan fingerprint density at radius 1 is 0.955 bits per heavy atom. The van der Waals surface area contributed by atoms with Gasteiger partial charge in [0.1, 0.15) is 18.0 Å². The van der Waals surface area contributed by atoms with Crippen molar-refractivity contribution in [3.05, 3.63) is 12.4 Å². The predicted octanol–water partition coefficient (Wildman–Crippen LogP) is 0.970. The monoisotopic (exact) mass is 305 g/mol. The number of rotatable bonds is 4. The fraction of sp³-hybridized carbons (Fsp3) is 0.750. The van der Waals surface area contributed by atoms with E-state index in [0.717, 1.165) is 57.4 Å². The Morgan fingerprint density at radius 2 is 1.55 bits per heavy atom. The zero-order valence-corrected chi connectivity index (χ0v) is 13.5. The van der Waals surface area contributed by atoms with Crippen molar-refractivity contribution in [2.45, 2.75) is 32.3 Å². The number of piperidine rings is 1. The molecule has 0 amide bonds. The van der Waals surface area contributed by atoms with Crippen LogP contribution in [0, 0.1) is 0 Å². The quantitative estimate of drug-likeness (QED) is 0.894. The molecule has 1 N–H and O–H groups in total. The van der Waals surface area contributed by atoms with Gasteiger partial charge in [-0.1, -0.05) is 0 Å². The van der Waals surface area contributed by atoms with Crippen molar-refractivity contribution >= 4 is 11.6 Å². The number of hydrogen-bond acceptors (Lipinski definition) is 6. The molecule has 0 unspecified atom stereocenters. The minimum atomic E-state index is -0.253. The number of β-amino-alcohol motifs (C(OH)–C–C–N with tert-alkyl or cyclic N) is 1. The summed E-state index contributed by atoms with van der Waals surface area (Å²) in [7, 11) is 0. The summed E-state index contributed by atoms with van der Waals surface area (Å²) < 4.78 is 0. The van der Waals surface area contributed by atoms with Gasteiger partial charge in [0.15, 0.2) is 0 Å². The van der Waals surface area contributed by atoms with Crippen molar-refractivity contribution in [1.29, 1.82) is 0 Å². The van der Waals surface area contributed by atoms with Gasteiger partial charge in [-0.15, -0.1) is 0 Å². The molecule has 0 aromatic carbocycles. The van der Waals surface area contributed by atoms with Crippen LogP contribution in [0.5, 0.6) is 0 Å². The van der Waals surface area contributed by atoms with Crippen LogP contribution in [0.1, 0.15) is 26.2 Å². The summed E-state index contributed by atoms with van der Waals surface area (Å²) in [4.78, 5) is 15.9. The number of nitrogens with zero attached hydrogens (tertiary/aromatic N) is 5. The highest BCUT2D eigenvalue weighted by Gasteiger charge is 2.20. The van der Waals surface area contributed by atoms with Crippen molar-refractivity contribution in [3.8, 4) is 0 Å². The summed E-state index contributed by atoms with van der Waals surface area (Å²) in [5.74, 6) is 2.10. The molecule has 0 saturated carbocycles. The van der Waals surface area contributed by atoms with Crippen LogP contribution in [0.15, 0.2) is 12.4 Å². The summed E-state index contributed by atoms with van der Waals surface area (Å²) in [5.41, 5.74) is 0. The topological polar surface area (TPSA) is 55.7 Å². The Hall–Kier alpha value is -1.40. The number of aliphatic hydroxyl groups excluding tert-OH is 1. The normalized spacial score (nSPS) is 21.9. The molecule has 0 aliphatic carbocycles. The Bertz CT molecular complexity index is 467. The smallest absolute Gasteiger partial charge is 0.134 e. The van der Waals surface area contributed by atoms with Gasteiger partial charge in [0.25, 0.3) is 0 Å². The molecule has 0 spiro atoms. The molecule has 2 saturated heterocycles. The summed E-state index contributed by atoms with van der Waals surface area (Å²) in [6.45, 7) is 8.71. The second kappa shape index (κ2) is 7.24. The largest absolute Gasteiger partial charge is 0.392 e. The number of aromatic nitrogens is 2. The van der Waals surface area contributed by atoms with Crippen LogP contribution < -0.4 is 9.80 Å². The van der Waals surface area contributed by atoms with Crippen LogP contribution >= 0.6 is 0 Å². The first-order valence-corrected chi connectivity index (χ1v) is 8.45. The number of aliphatic hydroxyl groups is 1. The third-order valence-corrected chi connectivity index (χ3v) is 4.54. The lowest BCUT2D eigenvalue weighted by Gasteiger charge is -2.36. The van der Waals surface area contributed by atoms with E-state index in [1.54, 1.807) is 6.33 Å². The molecule has 1 atom stereocenters. The van der Waals surface area contributed by atoms with Gasteiger partial charge in [-0.3, -0.25) is 4.90 Å². The first-order chi connectivity index (χ1) is 10.7. The predicted molar refractivity (Wildman–Crippen MR) is 88.4 cm³/mol. The molecular weight excluding hydrogens is 278 g/mol. The lowest BCUT2D eigenvalue weighted by molar-refractivity contribution is 0.122. The maximum Gasteiger partial charge on any atom is 0.134 e. The summed E-state index contributed by atoms with van der Waals surface area (Å²) >= 11 is 0. The summed E-state index contributed by atoms with van der Waals surface area (Å²) in [5, 5.41) is 9.49. The zero-order chi connectivity index (χ0) is 15.4. The van der Waals surface area contributed by atoms with E-state index < -0.39 is 0 Å². The fourth-order valence-electron chi connectivity index (χ4n) is 3.34. The Morgan fingerprint density at radius 3 is 2.14 bits per heavy atom. The standard InChI is InChI=1S/C16H27N5O/c1-14(22)12-19-7-9-21(10-8-19)16-11-15(17-13-18-16)20-5-3-2-4-6-20/h11,13-14,22H,2-10,12H2,1H3/t14-/m1/s1. The molecule has 1 aromatic heterocycles. The van der Waals surface area contributed by atoms with Crippen LogP contribution in [-0.2, 0) is 0 Å². The van der Waals surface area contributed by atoms with Crippen LogP contribution in [0.3, 0.4) is 0 Å². The van der Waals surface area contributed by atoms with Crippen LogP contribution in [0.4, 0.5) is 11.6 Å². The van der Waals surface area contributed by atoms with E-state index in [0.29, 0.717) is 0 Å². The summed E-state index contributed by atoms with van der Waals surface area (Å²) in [6, 6.07) is 2.13. The van der Waals surface area contributed by atoms with E-state index in [-0.39, 0.29) is 6.10 Å². The van der Waals surface area contributed by atoms with Crippen molar-refractivity contribution in [3.63, 3.8) is 0 Å². The molecule has 2 aliphatic rings. The lowest BCUT2D eigenvalue weighted by atomic mass is 10.1. The molecule has 0 bridgehead atoms. The average molecular weight is 305 g/mol. The molecule has 2 aliphatic heterocycles. The van der Waals surface area contributed by atoms with Gasteiger partial charge in [0.05, 0.1) is 6.10 Å². The van der Waals surface area contributed by atoms with Gasteiger partial charge in [0.2, 0.25) is 0 Å². The molecule has 22 heavy (non-hydrogen) atoms.